The second-order valence-corrected chi connectivity index (χ2v) is 9.82. The molecule has 2 heterocycles. The number of likely N-dealkylation sites (N-methyl/N-ethyl adjacent to an activating group) is 1. The van der Waals surface area contributed by atoms with E-state index in [1.54, 1.807) is 56.3 Å². The molecule has 3 aromatic carbocycles. The number of phenolic OH excluding ortho intramolecular Hbond substituents is 1. The van der Waals surface area contributed by atoms with Gasteiger partial charge in [-0.3, -0.25) is 0 Å². The van der Waals surface area contributed by atoms with Gasteiger partial charge in [0.05, 0.1) is 43.2 Å². The predicted octanol–water partition coefficient (Wildman–Crippen LogP) is 3.58. The number of methoxy groups -OCH3 is 2. The number of aliphatic hydroxyl groups excluding tert-OH is 2. The van der Waals surface area contributed by atoms with Crippen molar-refractivity contribution in [1.29, 1.82) is 0 Å². The first-order chi connectivity index (χ1) is 18.1. The Bertz CT molecular complexity index is 1630. The van der Waals surface area contributed by atoms with Crippen LogP contribution < -0.4 is 15.1 Å². The van der Waals surface area contributed by atoms with E-state index in [0.717, 1.165) is 0 Å². The number of benzene rings is 3. The molecule has 0 spiro atoms. The summed E-state index contributed by atoms with van der Waals surface area (Å²) in [6, 6.07) is 7.62. The quantitative estimate of drug-likeness (QED) is 0.267. The number of aliphatic hydroxyl groups is 2. The summed E-state index contributed by atoms with van der Waals surface area (Å²) in [5.41, 5.74) is 0.747. The molecule has 3 N–H and O–H groups in total. The first-order valence-corrected chi connectivity index (χ1v) is 12.2. The topological polar surface area (TPSA) is 122 Å². The third-order valence-corrected chi connectivity index (χ3v) is 7.45. The molecule has 5 unspecified atom stereocenters. The first-order valence-electron chi connectivity index (χ1n) is 12.2. The van der Waals surface area contributed by atoms with Crippen molar-refractivity contribution in [3.8, 4) is 17.2 Å². The fourth-order valence-electron chi connectivity index (χ4n) is 5.62. The van der Waals surface area contributed by atoms with E-state index in [1.165, 1.54) is 20.3 Å². The van der Waals surface area contributed by atoms with Crippen LogP contribution in [0, 0.1) is 0 Å². The Labute approximate surface area is 219 Å². The third-order valence-electron chi connectivity index (χ3n) is 7.45. The molecule has 5 rings (SSSR count). The van der Waals surface area contributed by atoms with Crippen molar-refractivity contribution in [3.63, 3.8) is 0 Å². The van der Waals surface area contributed by atoms with E-state index in [2.05, 4.69) is 6.58 Å². The van der Waals surface area contributed by atoms with Gasteiger partial charge in [-0.1, -0.05) is 18.7 Å². The van der Waals surface area contributed by atoms with E-state index in [1.807, 2.05) is 0 Å². The lowest BCUT2D eigenvalue weighted by molar-refractivity contribution is -0.197. The van der Waals surface area contributed by atoms with Crippen molar-refractivity contribution in [2.75, 3.05) is 28.3 Å². The molecule has 38 heavy (non-hydrogen) atoms. The number of hydrogen-bond donors (Lipinski definition) is 3. The van der Waals surface area contributed by atoms with Crippen LogP contribution in [0.2, 0.25) is 0 Å². The molecule has 0 radical (unpaired) electrons. The Balaban J connectivity index is 1.94. The van der Waals surface area contributed by atoms with Gasteiger partial charge >= 0.3 is 5.63 Å². The van der Waals surface area contributed by atoms with Gasteiger partial charge in [0.2, 0.25) is 0 Å². The summed E-state index contributed by atoms with van der Waals surface area (Å²) in [5, 5.41) is 35.1. The zero-order chi connectivity index (χ0) is 27.5. The summed E-state index contributed by atoms with van der Waals surface area (Å²) in [7, 11) is 6.54. The maximum atomic E-state index is 13.3. The number of ether oxygens (including phenoxy) is 3. The molecule has 0 saturated carbocycles. The number of hydrogen-bond acceptors (Lipinski definition) is 9. The molecule has 1 saturated heterocycles. The Kier molecular flexibility index (Phi) is 6.56. The van der Waals surface area contributed by atoms with Gasteiger partial charge < -0.3 is 38.8 Å². The highest BCUT2D eigenvalue weighted by Gasteiger charge is 2.45. The lowest BCUT2D eigenvalue weighted by Gasteiger charge is -2.45. The maximum Gasteiger partial charge on any atom is 0.344 e. The summed E-state index contributed by atoms with van der Waals surface area (Å²) in [6.45, 7) is 5.52. The summed E-state index contributed by atoms with van der Waals surface area (Å²) in [4.78, 5) is 15.1. The van der Waals surface area contributed by atoms with E-state index >= 15 is 0 Å². The molecule has 1 fully saturated rings. The fourth-order valence-corrected chi connectivity index (χ4v) is 5.62. The molecule has 200 valence electrons. The Morgan fingerprint density at radius 2 is 1.66 bits per heavy atom. The third kappa shape index (κ3) is 3.82. The minimum atomic E-state index is -1.14. The summed E-state index contributed by atoms with van der Waals surface area (Å²) in [6.07, 6.45) is -1.98. The lowest BCUT2D eigenvalue weighted by atomic mass is 9.86. The van der Waals surface area contributed by atoms with E-state index in [0.29, 0.717) is 49.6 Å². The van der Waals surface area contributed by atoms with Crippen LogP contribution >= 0.6 is 0 Å². The van der Waals surface area contributed by atoms with Gasteiger partial charge in [-0.25, -0.2) is 4.79 Å². The summed E-state index contributed by atoms with van der Waals surface area (Å²) >= 11 is 0. The summed E-state index contributed by atoms with van der Waals surface area (Å²) in [5.74, 6) is 0.679. The zero-order valence-corrected chi connectivity index (χ0v) is 21.9. The molecule has 9 nitrogen and oxygen atoms in total. The average molecular weight is 522 g/mol. The standard InChI is InChI=1S/C29H31NO8/c1-7-14-10-17-21(19(11-14)35-5)16-12-20(36-6)23-18(31)9-8-15(22(23)27(16)38-29(17)34)28-26(33)24(30(3)4)25(32)13(2)37-28/h7-13,24-26,28,31-33H,1H2,2-6H3. The maximum absolute atomic E-state index is 13.3. The van der Waals surface area contributed by atoms with Crippen molar-refractivity contribution < 1.29 is 33.9 Å². The lowest BCUT2D eigenvalue weighted by Crippen LogP contribution is -2.58. The van der Waals surface area contributed by atoms with Crippen molar-refractivity contribution in [1.82, 2.24) is 4.90 Å². The normalized spacial score (nSPS) is 23.8. The van der Waals surface area contributed by atoms with E-state index < -0.39 is 36.1 Å². The van der Waals surface area contributed by atoms with Crippen molar-refractivity contribution >= 4 is 38.6 Å². The van der Waals surface area contributed by atoms with E-state index in [-0.39, 0.29) is 11.3 Å². The predicted molar refractivity (Wildman–Crippen MR) is 145 cm³/mol. The van der Waals surface area contributed by atoms with Crippen molar-refractivity contribution in [2.24, 2.45) is 0 Å². The molecule has 0 bridgehead atoms. The monoisotopic (exact) mass is 521 g/mol. The van der Waals surface area contributed by atoms with E-state index in [9.17, 15) is 20.1 Å². The number of aromatic hydroxyl groups is 1. The molecule has 1 aromatic heterocycles. The molecule has 9 heteroatoms. The molecule has 0 amide bonds. The zero-order valence-electron chi connectivity index (χ0n) is 21.9. The van der Waals surface area contributed by atoms with Crippen LogP contribution in [0.5, 0.6) is 17.2 Å². The molecular weight excluding hydrogens is 490 g/mol. The van der Waals surface area contributed by atoms with Crippen LogP contribution in [0.1, 0.15) is 24.2 Å². The minimum absolute atomic E-state index is 0.0956. The number of phenols is 1. The summed E-state index contributed by atoms with van der Waals surface area (Å²) < 4.78 is 23.4. The highest BCUT2D eigenvalue weighted by molar-refractivity contribution is 6.19. The molecule has 5 atom stereocenters. The Morgan fingerprint density at radius 1 is 0.974 bits per heavy atom. The molecule has 0 aliphatic carbocycles. The average Bonchev–Trinajstić information content (AvgIpc) is 2.90. The van der Waals surface area contributed by atoms with Gasteiger partial charge in [-0.2, -0.15) is 0 Å². The smallest absolute Gasteiger partial charge is 0.344 e. The van der Waals surface area contributed by atoms with Gasteiger partial charge in [0, 0.05) is 16.2 Å². The van der Waals surface area contributed by atoms with Crippen LogP contribution in [0.3, 0.4) is 0 Å². The van der Waals surface area contributed by atoms with Crippen LogP contribution in [-0.4, -0.2) is 72.9 Å². The second-order valence-electron chi connectivity index (χ2n) is 9.82. The largest absolute Gasteiger partial charge is 0.507 e. The highest BCUT2D eigenvalue weighted by atomic mass is 16.5. The van der Waals surface area contributed by atoms with Gasteiger partial charge in [0.15, 0.2) is 0 Å². The van der Waals surface area contributed by atoms with Gasteiger partial charge in [-0.15, -0.1) is 0 Å². The first kappa shape index (κ1) is 26.0. The number of fused-ring (bicyclic) bond motifs is 5. The molecule has 1 aliphatic heterocycles. The van der Waals surface area contributed by atoms with Gasteiger partial charge in [0.25, 0.3) is 0 Å². The second kappa shape index (κ2) is 9.59. The van der Waals surface area contributed by atoms with Crippen LogP contribution in [0.15, 0.2) is 46.1 Å². The number of rotatable bonds is 5. The Hall–Kier alpha value is -3.63. The Morgan fingerprint density at radius 3 is 2.29 bits per heavy atom. The SMILES string of the molecule is C=Cc1cc(OC)c2c(c1)c(=O)oc1c2cc(OC)c2c(O)ccc(C3OC(C)C(O)C(N(C)C)C3O)c21. The van der Waals surface area contributed by atoms with Crippen LogP contribution in [0.25, 0.3) is 38.6 Å². The highest BCUT2D eigenvalue weighted by Crippen LogP contribution is 2.47. The molecule has 1 aliphatic rings. The molecular formula is C29H31NO8. The van der Waals surface area contributed by atoms with Crippen molar-refractivity contribution in [2.45, 2.75) is 37.4 Å². The van der Waals surface area contributed by atoms with Crippen molar-refractivity contribution in [3.05, 3.63) is 58.5 Å². The van der Waals surface area contributed by atoms with Gasteiger partial charge in [-0.05, 0) is 56.4 Å². The van der Waals surface area contributed by atoms with Crippen LogP contribution in [0.4, 0.5) is 0 Å². The van der Waals surface area contributed by atoms with Crippen LogP contribution in [-0.2, 0) is 4.74 Å². The minimum Gasteiger partial charge on any atom is -0.507 e. The molecule has 4 aromatic rings. The fraction of sp³-hybridized carbons (Fsp3) is 0.345. The van der Waals surface area contributed by atoms with E-state index in [4.69, 9.17) is 18.6 Å². The van der Waals surface area contributed by atoms with Gasteiger partial charge in [0.1, 0.15) is 35.0 Å². The number of nitrogens with zero attached hydrogens (tertiary/aromatic N) is 1.